The van der Waals surface area contributed by atoms with Gasteiger partial charge in [0.15, 0.2) is 0 Å². The second-order valence-corrected chi connectivity index (χ2v) is 6.90. The van der Waals surface area contributed by atoms with Gasteiger partial charge in [0.1, 0.15) is 0 Å². The first kappa shape index (κ1) is 12.5. The maximum Gasteiger partial charge on any atom is 0.0589 e. The fraction of sp³-hybridized carbons (Fsp3) is 0.600. The fourth-order valence-electron chi connectivity index (χ4n) is 3.23. The molecule has 18 heavy (non-hydrogen) atoms. The first-order chi connectivity index (χ1) is 8.78. The fourth-order valence-corrected chi connectivity index (χ4v) is 4.57. The Balaban J connectivity index is 1.63. The Morgan fingerprint density at radius 1 is 1.39 bits per heavy atom. The number of likely N-dealkylation sites (tertiary alicyclic amines) is 1. The lowest BCUT2D eigenvalue weighted by molar-refractivity contribution is 0.140. The molecule has 0 radical (unpaired) electrons. The van der Waals surface area contributed by atoms with Crippen molar-refractivity contribution in [3.05, 3.63) is 29.8 Å². The summed E-state index contributed by atoms with van der Waals surface area (Å²) in [6.45, 7) is 4.84. The highest BCUT2D eigenvalue weighted by atomic mass is 32.2. The molecule has 1 saturated heterocycles. The van der Waals surface area contributed by atoms with Gasteiger partial charge in [-0.2, -0.15) is 0 Å². The summed E-state index contributed by atoms with van der Waals surface area (Å²) in [5.41, 5.74) is 1.50. The molecular weight excluding hydrogens is 242 g/mol. The summed E-state index contributed by atoms with van der Waals surface area (Å²) in [5, 5.41) is 10.2. The predicted molar refractivity (Wildman–Crippen MR) is 76.0 cm³/mol. The van der Waals surface area contributed by atoms with Crippen LogP contribution in [0.3, 0.4) is 0 Å². The van der Waals surface area contributed by atoms with Gasteiger partial charge < -0.3 is 5.11 Å². The van der Waals surface area contributed by atoms with Crippen molar-refractivity contribution in [3.8, 4) is 0 Å². The summed E-state index contributed by atoms with van der Waals surface area (Å²) in [5.74, 6) is 0.642. The van der Waals surface area contributed by atoms with Gasteiger partial charge in [-0.15, -0.1) is 11.8 Å². The zero-order valence-electron chi connectivity index (χ0n) is 10.9. The molecule has 0 spiro atoms. The van der Waals surface area contributed by atoms with E-state index in [1.54, 1.807) is 0 Å². The van der Waals surface area contributed by atoms with E-state index in [4.69, 9.17) is 0 Å². The van der Waals surface area contributed by atoms with E-state index in [1.807, 2.05) is 11.8 Å². The predicted octanol–water partition coefficient (Wildman–Crippen LogP) is 2.41. The molecular formula is C15H21NOS. The van der Waals surface area contributed by atoms with Gasteiger partial charge in [0.2, 0.25) is 0 Å². The number of hydrogen-bond acceptors (Lipinski definition) is 3. The van der Waals surface area contributed by atoms with Crippen molar-refractivity contribution < 1.29 is 5.11 Å². The molecule has 2 aliphatic heterocycles. The monoisotopic (exact) mass is 263 g/mol. The van der Waals surface area contributed by atoms with Crippen LogP contribution in [0.2, 0.25) is 0 Å². The van der Waals surface area contributed by atoms with E-state index >= 15 is 0 Å². The highest BCUT2D eigenvalue weighted by Crippen LogP contribution is 2.38. The zero-order valence-corrected chi connectivity index (χ0v) is 11.7. The van der Waals surface area contributed by atoms with Crippen LogP contribution in [0.1, 0.15) is 18.9 Å². The van der Waals surface area contributed by atoms with E-state index in [1.165, 1.54) is 23.3 Å². The number of benzene rings is 1. The molecule has 2 nitrogen and oxygen atoms in total. The molecule has 1 aromatic carbocycles. The summed E-state index contributed by atoms with van der Waals surface area (Å²) < 4.78 is 0. The van der Waals surface area contributed by atoms with E-state index in [2.05, 4.69) is 36.1 Å². The molecule has 3 atom stereocenters. The van der Waals surface area contributed by atoms with Crippen LogP contribution < -0.4 is 0 Å². The molecule has 0 amide bonds. The Kier molecular flexibility index (Phi) is 3.64. The van der Waals surface area contributed by atoms with E-state index in [9.17, 15) is 5.11 Å². The Labute approximate surface area is 113 Å². The number of aliphatic hydroxyl groups is 1. The lowest BCUT2D eigenvalue weighted by Crippen LogP contribution is -2.39. The molecule has 0 aliphatic carbocycles. The Hall–Kier alpha value is -0.510. The van der Waals surface area contributed by atoms with Crippen LogP contribution >= 0.6 is 11.8 Å². The number of nitrogens with zero attached hydrogens (tertiary/aromatic N) is 1. The average Bonchev–Trinajstić information content (AvgIpc) is 2.93. The molecule has 2 heterocycles. The molecule has 98 valence electrons. The third kappa shape index (κ3) is 2.31. The standard InChI is InChI=1S/C15H21NOS/c1-11-6-7-16(14(11)10-17)9-13-8-12-4-2-3-5-15(12)18-13/h2-5,11,13-14,17H,6-10H2,1H3. The van der Waals surface area contributed by atoms with Crippen LogP contribution in [0.15, 0.2) is 29.2 Å². The van der Waals surface area contributed by atoms with Crippen molar-refractivity contribution >= 4 is 11.8 Å². The summed E-state index contributed by atoms with van der Waals surface area (Å²) in [6, 6.07) is 9.13. The second-order valence-electron chi connectivity index (χ2n) is 5.56. The van der Waals surface area contributed by atoms with Gasteiger partial charge in [0.25, 0.3) is 0 Å². The topological polar surface area (TPSA) is 23.5 Å². The molecule has 0 saturated carbocycles. The maximum absolute atomic E-state index is 9.51. The maximum atomic E-state index is 9.51. The van der Waals surface area contributed by atoms with Crippen LogP contribution in [0.5, 0.6) is 0 Å². The van der Waals surface area contributed by atoms with Gasteiger partial charge in [0, 0.05) is 22.7 Å². The highest BCUT2D eigenvalue weighted by Gasteiger charge is 2.33. The molecule has 0 aromatic heterocycles. The van der Waals surface area contributed by atoms with Gasteiger partial charge in [-0.3, -0.25) is 4.90 Å². The SMILES string of the molecule is CC1CCN(CC2Cc3ccccc3S2)C1CO. The average molecular weight is 263 g/mol. The van der Waals surface area contributed by atoms with Crippen LogP contribution in [-0.2, 0) is 6.42 Å². The number of fused-ring (bicyclic) bond motifs is 1. The molecule has 1 N–H and O–H groups in total. The lowest BCUT2D eigenvalue weighted by atomic mass is 10.0. The summed E-state index contributed by atoms with van der Waals surface area (Å²) in [7, 11) is 0. The first-order valence-electron chi connectivity index (χ1n) is 6.87. The van der Waals surface area contributed by atoms with Crippen LogP contribution in [0.25, 0.3) is 0 Å². The van der Waals surface area contributed by atoms with Crippen molar-refractivity contribution in [1.29, 1.82) is 0 Å². The van der Waals surface area contributed by atoms with Gasteiger partial charge in [-0.05, 0) is 36.9 Å². The van der Waals surface area contributed by atoms with Crippen molar-refractivity contribution in [2.75, 3.05) is 19.7 Å². The number of hydrogen-bond donors (Lipinski definition) is 1. The normalized spacial score (nSPS) is 31.8. The van der Waals surface area contributed by atoms with Crippen molar-refractivity contribution in [3.63, 3.8) is 0 Å². The molecule has 3 heteroatoms. The van der Waals surface area contributed by atoms with Crippen molar-refractivity contribution in [2.24, 2.45) is 5.92 Å². The summed E-state index contributed by atoms with van der Waals surface area (Å²) in [6.07, 6.45) is 2.42. The summed E-state index contributed by atoms with van der Waals surface area (Å²) in [4.78, 5) is 3.95. The molecule has 1 fully saturated rings. The molecule has 2 aliphatic rings. The Morgan fingerprint density at radius 3 is 3.00 bits per heavy atom. The Bertz CT molecular complexity index is 398. The smallest absolute Gasteiger partial charge is 0.0589 e. The minimum Gasteiger partial charge on any atom is -0.395 e. The molecule has 1 aromatic rings. The van der Waals surface area contributed by atoms with Crippen molar-refractivity contribution in [2.45, 2.75) is 36.0 Å². The van der Waals surface area contributed by atoms with E-state index in [-0.39, 0.29) is 0 Å². The molecule has 0 bridgehead atoms. The van der Waals surface area contributed by atoms with Gasteiger partial charge in [0.05, 0.1) is 6.61 Å². The van der Waals surface area contributed by atoms with Gasteiger partial charge in [-0.1, -0.05) is 25.1 Å². The quantitative estimate of drug-likeness (QED) is 0.906. The number of rotatable bonds is 3. The molecule has 3 rings (SSSR count). The minimum atomic E-state index is 0.311. The largest absolute Gasteiger partial charge is 0.395 e. The van der Waals surface area contributed by atoms with Crippen LogP contribution in [-0.4, -0.2) is 41.0 Å². The second kappa shape index (κ2) is 5.24. The lowest BCUT2D eigenvalue weighted by Gasteiger charge is -2.27. The van der Waals surface area contributed by atoms with E-state index < -0.39 is 0 Å². The van der Waals surface area contributed by atoms with Crippen LogP contribution in [0.4, 0.5) is 0 Å². The first-order valence-corrected chi connectivity index (χ1v) is 7.75. The molecule has 3 unspecified atom stereocenters. The van der Waals surface area contributed by atoms with Crippen LogP contribution in [0, 0.1) is 5.92 Å². The Morgan fingerprint density at radius 2 is 2.22 bits per heavy atom. The zero-order chi connectivity index (χ0) is 12.5. The third-order valence-electron chi connectivity index (χ3n) is 4.34. The minimum absolute atomic E-state index is 0.311. The third-order valence-corrected chi connectivity index (χ3v) is 5.64. The van der Waals surface area contributed by atoms with Crippen molar-refractivity contribution in [1.82, 2.24) is 4.90 Å². The van der Waals surface area contributed by atoms with Gasteiger partial charge >= 0.3 is 0 Å². The summed E-state index contributed by atoms with van der Waals surface area (Å²) >= 11 is 2.01. The van der Waals surface area contributed by atoms with E-state index in [0.717, 1.165) is 13.1 Å². The number of thioether (sulfide) groups is 1. The van der Waals surface area contributed by atoms with Gasteiger partial charge in [-0.25, -0.2) is 0 Å². The highest BCUT2D eigenvalue weighted by molar-refractivity contribution is 8.00. The van der Waals surface area contributed by atoms with E-state index in [0.29, 0.717) is 23.8 Å². The number of aliphatic hydroxyl groups excluding tert-OH is 1.